The average Bonchev–Trinajstić information content (AvgIpc) is 2.43. The monoisotopic (exact) mass is 290 g/mol. The van der Waals surface area contributed by atoms with E-state index >= 15 is 0 Å². The molecule has 1 aromatic heterocycles. The van der Waals surface area contributed by atoms with Crippen molar-refractivity contribution in [3.8, 4) is 0 Å². The predicted molar refractivity (Wildman–Crippen MR) is 75.3 cm³/mol. The van der Waals surface area contributed by atoms with Crippen LogP contribution in [0.2, 0.25) is 5.02 Å². The molecule has 0 unspecified atom stereocenters. The fourth-order valence-electron chi connectivity index (χ4n) is 1.55. The standard InChI is InChI=1S/C14H11ClN2O3/c1-8-5-6-9(7-10(8)15)16-13(18)11-3-2-4-12(17-11)14(19)20/h2-7H,1H3,(H,16,18)(H,19,20). The van der Waals surface area contributed by atoms with Crippen molar-refractivity contribution >= 4 is 29.2 Å². The number of carbonyl (C=O) groups excluding carboxylic acids is 1. The highest BCUT2D eigenvalue weighted by molar-refractivity contribution is 6.31. The number of halogens is 1. The number of carbonyl (C=O) groups is 2. The quantitative estimate of drug-likeness (QED) is 0.911. The Kier molecular flexibility index (Phi) is 4.00. The van der Waals surface area contributed by atoms with E-state index in [0.29, 0.717) is 10.7 Å². The van der Waals surface area contributed by atoms with Crippen LogP contribution in [0.4, 0.5) is 5.69 Å². The number of hydrogen-bond acceptors (Lipinski definition) is 3. The van der Waals surface area contributed by atoms with Gasteiger partial charge in [-0.15, -0.1) is 0 Å². The van der Waals surface area contributed by atoms with Gasteiger partial charge in [-0.2, -0.15) is 0 Å². The van der Waals surface area contributed by atoms with Crippen molar-refractivity contribution in [2.45, 2.75) is 6.92 Å². The highest BCUT2D eigenvalue weighted by atomic mass is 35.5. The van der Waals surface area contributed by atoms with Crippen LogP contribution in [0.5, 0.6) is 0 Å². The molecule has 1 aromatic carbocycles. The van der Waals surface area contributed by atoms with Gasteiger partial charge in [-0.1, -0.05) is 23.7 Å². The van der Waals surface area contributed by atoms with Crippen molar-refractivity contribution in [2.24, 2.45) is 0 Å². The number of aromatic carboxylic acids is 1. The number of rotatable bonds is 3. The lowest BCUT2D eigenvalue weighted by Crippen LogP contribution is -2.15. The smallest absolute Gasteiger partial charge is 0.354 e. The van der Waals surface area contributed by atoms with E-state index in [1.54, 1.807) is 18.2 Å². The van der Waals surface area contributed by atoms with Crippen LogP contribution in [0.15, 0.2) is 36.4 Å². The number of nitrogens with one attached hydrogen (secondary N) is 1. The van der Waals surface area contributed by atoms with Crippen molar-refractivity contribution in [3.05, 3.63) is 58.4 Å². The first-order valence-corrected chi connectivity index (χ1v) is 6.13. The van der Waals surface area contributed by atoms with Gasteiger partial charge in [-0.3, -0.25) is 4.79 Å². The van der Waals surface area contributed by atoms with Crippen molar-refractivity contribution in [1.82, 2.24) is 4.98 Å². The third kappa shape index (κ3) is 3.13. The molecule has 1 heterocycles. The summed E-state index contributed by atoms with van der Waals surface area (Å²) in [4.78, 5) is 26.5. The van der Waals surface area contributed by atoms with E-state index in [0.717, 1.165) is 5.56 Å². The number of aryl methyl sites for hydroxylation is 1. The highest BCUT2D eigenvalue weighted by Gasteiger charge is 2.11. The van der Waals surface area contributed by atoms with E-state index in [4.69, 9.17) is 16.7 Å². The highest BCUT2D eigenvalue weighted by Crippen LogP contribution is 2.20. The van der Waals surface area contributed by atoms with Gasteiger partial charge >= 0.3 is 5.97 Å². The average molecular weight is 291 g/mol. The zero-order valence-corrected chi connectivity index (χ0v) is 11.3. The molecule has 2 rings (SSSR count). The fraction of sp³-hybridized carbons (Fsp3) is 0.0714. The molecule has 0 saturated heterocycles. The molecule has 20 heavy (non-hydrogen) atoms. The van der Waals surface area contributed by atoms with E-state index in [1.807, 2.05) is 6.92 Å². The minimum atomic E-state index is -1.18. The first-order chi connectivity index (χ1) is 9.47. The van der Waals surface area contributed by atoms with Gasteiger partial charge in [0.05, 0.1) is 0 Å². The van der Waals surface area contributed by atoms with Gasteiger partial charge in [0.1, 0.15) is 11.4 Å². The van der Waals surface area contributed by atoms with E-state index < -0.39 is 11.9 Å². The van der Waals surface area contributed by atoms with Crippen molar-refractivity contribution in [1.29, 1.82) is 0 Å². The van der Waals surface area contributed by atoms with Crippen molar-refractivity contribution in [3.63, 3.8) is 0 Å². The summed E-state index contributed by atoms with van der Waals surface area (Å²) < 4.78 is 0. The molecule has 102 valence electrons. The number of carboxylic acids is 1. The number of anilines is 1. The predicted octanol–water partition coefficient (Wildman–Crippen LogP) is 2.99. The number of carboxylic acid groups (broad SMARTS) is 1. The third-order valence-corrected chi connectivity index (χ3v) is 3.04. The lowest BCUT2D eigenvalue weighted by molar-refractivity contribution is 0.0690. The number of pyridine rings is 1. The number of benzene rings is 1. The summed E-state index contributed by atoms with van der Waals surface area (Å²) in [5, 5.41) is 12.0. The number of nitrogens with zero attached hydrogens (tertiary/aromatic N) is 1. The molecule has 2 N–H and O–H groups in total. The molecule has 5 nitrogen and oxygen atoms in total. The molecule has 0 spiro atoms. The summed E-state index contributed by atoms with van der Waals surface area (Å²) in [6, 6.07) is 9.34. The van der Waals surface area contributed by atoms with Gasteiger partial charge < -0.3 is 10.4 Å². The second kappa shape index (κ2) is 5.71. The first-order valence-electron chi connectivity index (χ1n) is 5.75. The Hall–Kier alpha value is -2.40. The Morgan fingerprint density at radius 2 is 1.90 bits per heavy atom. The Morgan fingerprint density at radius 3 is 2.55 bits per heavy atom. The summed E-state index contributed by atoms with van der Waals surface area (Å²) in [6.45, 7) is 1.85. The van der Waals surface area contributed by atoms with Gasteiger partial charge in [0.25, 0.3) is 5.91 Å². The van der Waals surface area contributed by atoms with Crippen LogP contribution in [0.3, 0.4) is 0 Å². The Labute approximate surface area is 120 Å². The van der Waals surface area contributed by atoms with Gasteiger partial charge in [-0.05, 0) is 36.8 Å². The first kappa shape index (κ1) is 14.0. The molecule has 0 atom stereocenters. The second-order valence-electron chi connectivity index (χ2n) is 4.13. The molecular formula is C14H11ClN2O3. The topological polar surface area (TPSA) is 79.3 Å². The van der Waals surface area contributed by atoms with Gasteiger partial charge in [0.2, 0.25) is 0 Å². The summed E-state index contributed by atoms with van der Waals surface area (Å²) >= 11 is 5.97. The van der Waals surface area contributed by atoms with Crippen LogP contribution in [0.25, 0.3) is 0 Å². The fourth-order valence-corrected chi connectivity index (χ4v) is 1.73. The minimum absolute atomic E-state index is 0.0293. The van der Waals surface area contributed by atoms with Crippen molar-refractivity contribution < 1.29 is 14.7 Å². The number of amides is 1. The van der Waals surface area contributed by atoms with Gasteiger partial charge in [-0.25, -0.2) is 9.78 Å². The Bertz CT molecular complexity index is 686. The molecule has 1 amide bonds. The third-order valence-electron chi connectivity index (χ3n) is 2.63. The zero-order valence-electron chi connectivity index (χ0n) is 10.6. The van der Waals surface area contributed by atoms with Gasteiger partial charge in [0, 0.05) is 10.7 Å². The lowest BCUT2D eigenvalue weighted by atomic mass is 10.2. The molecule has 6 heteroatoms. The Balaban J connectivity index is 2.21. The van der Waals surface area contributed by atoms with Crippen LogP contribution in [0, 0.1) is 6.92 Å². The summed E-state index contributed by atoms with van der Waals surface area (Å²) in [5.74, 6) is -1.67. The molecule has 0 aliphatic carbocycles. The Morgan fingerprint density at radius 1 is 1.20 bits per heavy atom. The second-order valence-corrected chi connectivity index (χ2v) is 4.54. The van der Waals surface area contributed by atoms with E-state index in [9.17, 15) is 9.59 Å². The molecule has 0 bridgehead atoms. The molecule has 0 radical (unpaired) electrons. The largest absolute Gasteiger partial charge is 0.477 e. The normalized spacial score (nSPS) is 10.1. The molecule has 2 aromatic rings. The number of hydrogen-bond donors (Lipinski definition) is 2. The summed E-state index contributed by atoms with van der Waals surface area (Å²) in [5.41, 5.74) is 1.27. The molecular weight excluding hydrogens is 280 g/mol. The number of aromatic nitrogens is 1. The van der Waals surface area contributed by atoms with Gasteiger partial charge in [0.15, 0.2) is 0 Å². The minimum Gasteiger partial charge on any atom is -0.477 e. The molecule has 0 aliphatic rings. The molecule has 0 fully saturated rings. The van der Waals surface area contributed by atoms with Crippen LogP contribution in [0.1, 0.15) is 26.5 Å². The molecule has 0 aliphatic heterocycles. The van der Waals surface area contributed by atoms with E-state index in [1.165, 1.54) is 18.2 Å². The maximum Gasteiger partial charge on any atom is 0.354 e. The maximum absolute atomic E-state index is 12.0. The van der Waals surface area contributed by atoms with E-state index in [2.05, 4.69) is 10.3 Å². The maximum atomic E-state index is 12.0. The van der Waals surface area contributed by atoms with Crippen LogP contribution in [-0.2, 0) is 0 Å². The van der Waals surface area contributed by atoms with Crippen LogP contribution < -0.4 is 5.32 Å². The summed E-state index contributed by atoms with van der Waals surface area (Å²) in [6.07, 6.45) is 0. The zero-order chi connectivity index (χ0) is 14.7. The molecule has 0 saturated carbocycles. The summed E-state index contributed by atoms with van der Waals surface area (Å²) in [7, 11) is 0. The van der Waals surface area contributed by atoms with Crippen LogP contribution >= 0.6 is 11.6 Å². The van der Waals surface area contributed by atoms with Crippen molar-refractivity contribution in [2.75, 3.05) is 5.32 Å². The van der Waals surface area contributed by atoms with E-state index in [-0.39, 0.29) is 11.4 Å². The van der Waals surface area contributed by atoms with Crippen LogP contribution in [-0.4, -0.2) is 22.0 Å². The SMILES string of the molecule is Cc1ccc(NC(=O)c2cccc(C(=O)O)n2)cc1Cl. The lowest BCUT2D eigenvalue weighted by Gasteiger charge is -2.06.